The zero-order valence-electron chi connectivity index (χ0n) is 11.1. The molecule has 14 heteroatoms. The highest BCUT2D eigenvalue weighted by Gasteiger charge is 2.62. The number of rotatable bonds is 3. The molecular weight excluding hydrogens is 337 g/mol. The quantitative estimate of drug-likeness (QED) is 0.360. The summed E-state index contributed by atoms with van der Waals surface area (Å²) < 4.78 is 27.4. The van der Waals surface area contributed by atoms with E-state index in [2.05, 4.69) is 15.3 Å². The third kappa shape index (κ3) is 1.89. The average molecular weight is 347 g/mol. The van der Waals surface area contributed by atoms with Crippen LogP contribution in [0.3, 0.4) is 0 Å². The van der Waals surface area contributed by atoms with Crippen molar-refractivity contribution in [2.45, 2.75) is 18.2 Å². The van der Waals surface area contributed by atoms with Crippen LogP contribution in [0.5, 0.6) is 5.88 Å². The van der Waals surface area contributed by atoms with Crippen molar-refractivity contribution >= 4 is 19.5 Å². The SMILES string of the molecule is NC12NC(=O)c3nc(C(O)C(O)CO)c4nc3N1OP(=O)(O4)O2. The van der Waals surface area contributed by atoms with Crippen LogP contribution in [-0.4, -0.2) is 49.9 Å². The van der Waals surface area contributed by atoms with Crippen LogP contribution in [0.2, 0.25) is 0 Å². The Morgan fingerprint density at radius 2 is 2.17 bits per heavy atom. The van der Waals surface area contributed by atoms with Gasteiger partial charge in [-0.1, -0.05) is 0 Å². The summed E-state index contributed by atoms with van der Waals surface area (Å²) in [5, 5.41) is 31.4. The molecule has 3 aliphatic rings. The smallest absolute Gasteiger partial charge is 0.394 e. The lowest BCUT2D eigenvalue weighted by molar-refractivity contribution is -0.0189. The molecule has 0 aromatic carbocycles. The van der Waals surface area contributed by atoms with Crippen molar-refractivity contribution in [3.63, 3.8) is 0 Å². The molecule has 0 spiro atoms. The molecule has 124 valence electrons. The van der Waals surface area contributed by atoms with E-state index in [0.29, 0.717) is 0 Å². The van der Waals surface area contributed by atoms with Gasteiger partial charge in [-0.25, -0.2) is 14.1 Å². The molecule has 0 aliphatic carbocycles. The molecule has 0 radical (unpaired) electrons. The van der Waals surface area contributed by atoms with Gasteiger partial charge in [0, 0.05) is 0 Å². The molecule has 23 heavy (non-hydrogen) atoms. The van der Waals surface area contributed by atoms with Crippen molar-refractivity contribution in [2.75, 3.05) is 11.7 Å². The van der Waals surface area contributed by atoms with Gasteiger partial charge < -0.3 is 19.8 Å². The second kappa shape index (κ2) is 4.36. The number of hydrogen-bond donors (Lipinski definition) is 5. The first-order chi connectivity index (χ1) is 10.8. The van der Waals surface area contributed by atoms with Gasteiger partial charge in [-0.3, -0.25) is 15.8 Å². The minimum absolute atomic E-state index is 0.226. The highest BCUT2D eigenvalue weighted by atomic mass is 31.2. The second-order valence-electron chi connectivity index (χ2n) is 4.94. The summed E-state index contributed by atoms with van der Waals surface area (Å²) in [4.78, 5) is 19.9. The van der Waals surface area contributed by atoms with Crippen molar-refractivity contribution in [2.24, 2.45) is 5.73 Å². The van der Waals surface area contributed by atoms with E-state index in [1.807, 2.05) is 0 Å². The number of carbonyl (C=O) groups is 1. The van der Waals surface area contributed by atoms with Crippen molar-refractivity contribution < 1.29 is 38.4 Å². The van der Waals surface area contributed by atoms with Gasteiger partial charge in [0.05, 0.1) is 6.61 Å². The molecule has 4 rings (SSSR count). The number of hydrogen-bond acceptors (Lipinski definition) is 12. The van der Waals surface area contributed by atoms with Crippen molar-refractivity contribution in [1.82, 2.24) is 15.3 Å². The average Bonchev–Trinajstić information content (AvgIpc) is 2.67. The zero-order chi connectivity index (χ0) is 16.6. The van der Waals surface area contributed by atoms with E-state index in [1.165, 1.54) is 0 Å². The molecule has 1 amide bonds. The Kier molecular flexibility index (Phi) is 2.79. The number of aromatic nitrogens is 2. The van der Waals surface area contributed by atoms with Crippen molar-refractivity contribution in [3.8, 4) is 5.88 Å². The number of nitrogens with one attached hydrogen (secondary N) is 1. The Hall–Kier alpha value is -1.86. The molecule has 13 nitrogen and oxygen atoms in total. The van der Waals surface area contributed by atoms with Gasteiger partial charge in [0.1, 0.15) is 17.9 Å². The molecule has 4 unspecified atom stereocenters. The lowest BCUT2D eigenvalue weighted by Crippen LogP contribution is -2.68. The van der Waals surface area contributed by atoms with E-state index in [-0.39, 0.29) is 11.5 Å². The molecule has 4 bridgehead atoms. The van der Waals surface area contributed by atoms with Crippen LogP contribution in [-0.2, 0) is 13.7 Å². The number of phosphoric ester groups is 1. The molecular formula is C9H10N5O8P. The number of hydroxylamine groups is 1. The van der Waals surface area contributed by atoms with Crippen LogP contribution in [0.4, 0.5) is 5.82 Å². The van der Waals surface area contributed by atoms with Crippen LogP contribution in [0.15, 0.2) is 0 Å². The third-order valence-electron chi connectivity index (χ3n) is 3.33. The molecule has 4 heterocycles. The Labute approximate surface area is 127 Å². The number of anilines is 1. The number of nitrogens with zero attached hydrogens (tertiary/aromatic N) is 3. The molecule has 4 atom stereocenters. The Balaban J connectivity index is 1.94. The largest absolute Gasteiger partial charge is 0.558 e. The number of carbonyl (C=O) groups excluding carboxylic acids is 1. The molecule has 3 aliphatic heterocycles. The summed E-state index contributed by atoms with van der Waals surface area (Å²) in [6, 6.07) is 0. The fraction of sp³-hybridized carbons (Fsp3) is 0.444. The highest BCUT2D eigenvalue weighted by molar-refractivity contribution is 7.49. The monoisotopic (exact) mass is 347 g/mol. The van der Waals surface area contributed by atoms with Gasteiger partial charge in [-0.2, -0.15) is 10.0 Å². The van der Waals surface area contributed by atoms with Gasteiger partial charge >= 0.3 is 13.8 Å². The summed E-state index contributed by atoms with van der Waals surface area (Å²) in [6.07, 6.45) is -3.39. The van der Waals surface area contributed by atoms with Crippen LogP contribution < -0.4 is 20.6 Å². The first kappa shape index (κ1) is 14.7. The molecule has 1 aromatic heterocycles. The number of aliphatic hydroxyl groups excluding tert-OH is 3. The summed E-state index contributed by atoms with van der Waals surface area (Å²) in [5.41, 5.74) is 5.01. The summed E-state index contributed by atoms with van der Waals surface area (Å²) in [6.45, 7) is -0.797. The Morgan fingerprint density at radius 1 is 1.43 bits per heavy atom. The lowest BCUT2D eigenvalue weighted by atomic mass is 10.1. The van der Waals surface area contributed by atoms with E-state index in [0.717, 1.165) is 5.06 Å². The Bertz CT molecular complexity index is 775. The fourth-order valence-electron chi connectivity index (χ4n) is 2.28. The van der Waals surface area contributed by atoms with E-state index >= 15 is 0 Å². The van der Waals surface area contributed by atoms with Crippen molar-refractivity contribution in [1.29, 1.82) is 0 Å². The van der Waals surface area contributed by atoms with Gasteiger partial charge in [0.25, 0.3) is 11.8 Å². The maximum Gasteiger partial charge on any atom is 0.558 e. The topological polar surface area (TPSA) is 190 Å². The van der Waals surface area contributed by atoms with Gasteiger partial charge in [0.15, 0.2) is 11.5 Å². The standard InChI is InChI=1S/C9H10N5O8P/c10-9-13-7(18)4-6-12-8(3(11-4)5(17)2(16)1-15)20-23(19,21-9)22-14(6)9/h2,5,15-17H,1,10H2,(H,13,18). The first-order valence-electron chi connectivity index (χ1n) is 6.27. The fourth-order valence-corrected chi connectivity index (χ4v) is 3.59. The second-order valence-corrected chi connectivity index (χ2v) is 6.36. The number of amides is 1. The minimum Gasteiger partial charge on any atom is -0.394 e. The maximum atomic E-state index is 12.4. The first-order valence-corrected chi connectivity index (χ1v) is 7.73. The zero-order valence-corrected chi connectivity index (χ0v) is 12.0. The summed E-state index contributed by atoms with van der Waals surface area (Å²) in [7, 11) is -4.30. The van der Waals surface area contributed by atoms with Crippen LogP contribution in [0.1, 0.15) is 22.3 Å². The molecule has 0 saturated carbocycles. The maximum absolute atomic E-state index is 12.4. The summed E-state index contributed by atoms with van der Waals surface area (Å²) >= 11 is 0. The molecule has 1 aromatic rings. The van der Waals surface area contributed by atoms with Gasteiger partial charge in [0.2, 0.25) is 0 Å². The minimum atomic E-state index is -4.30. The Morgan fingerprint density at radius 3 is 2.87 bits per heavy atom. The normalized spacial score (nSPS) is 33.0. The molecule has 1 saturated heterocycles. The predicted molar refractivity (Wildman–Crippen MR) is 67.4 cm³/mol. The number of fused-ring (bicyclic) bond motifs is 2. The van der Waals surface area contributed by atoms with E-state index < -0.39 is 50.1 Å². The van der Waals surface area contributed by atoms with Gasteiger partial charge in [-0.15, -0.1) is 4.62 Å². The van der Waals surface area contributed by atoms with E-state index in [9.17, 15) is 19.6 Å². The van der Waals surface area contributed by atoms with E-state index in [1.54, 1.807) is 0 Å². The van der Waals surface area contributed by atoms with Crippen LogP contribution in [0, 0.1) is 0 Å². The molecule has 6 N–H and O–H groups in total. The number of aliphatic hydroxyl groups is 3. The van der Waals surface area contributed by atoms with Crippen molar-refractivity contribution in [3.05, 3.63) is 11.4 Å². The number of nitrogens with two attached hydrogens (primary N) is 1. The summed E-state index contributed by atoms with van der Waals surface area (Å²) in [5.74, 6) is -3.61. The van der Waals surface area contributed by atoms with Gasteiger partial charge in [-0.05, 0) is 0 Å². The van der Waals surface area contributed by atoms with E-state index in [4.69, 9.17) is 24.5 Å². The molecule has 1 fully saturated rings. The van der Waals surface area contributed by atoms with Crippen LogP contribution in [0.25, 0.3) is 0 Å². The van der Waals surface area contributed by atoms with Crippen LogP contribution >= 0.6 is 7.82 Å². The number of phosphoric acid groups is 1. The third-order valence-corrected chi connectivity index (χ3v) is 4.60. The highest BCUT2D eigenvalue weighted by Crippen LogP contribution is 2.62. The lowest BCUT2D eigenvalue weighted by Gasteiger charge is -2.35. The predicted octanol–water partition coefficient (Wildman–Crippen LogP) is -2.55.